The lowest BCUT2D eigenvalue weighted by Gasteiger charge is -2.07. The van der Waals surface area contributed by atoms with Crippen LogP contribution in [0.1, 0.15) is 12.5 Å². The molecule has 1 aromatic heterocycles. The fourth-order valence-electron chi connectivity index (χ4n) is 1.05. The molecule has 0 spiro atoms. The largest absolute Gasteiger partial charge is 0.465 e. The van der Waals surface area contributed by atoms with Crippen LogP contribution in [0.2, 0.25) is 0 Å². The highest BCUT2D eigenvalue weighted by Gasteiger charge is 2.09. The van der Waals surface area contributed by atoms with Crippen LogP contribution in [0, 0.1) is 6.92 Å². The third-order valence-electron chi connectivity index (χ3n) is 1.81. The van der Waals surface area contributed by atoms with E-state index in [0.29, 0.717) is 12.4 Å². The minimum atomic E-state index is -0.257. The number of hydrogen-bond donors (Lipinski definition) is 2. The maximum Gasteiger partial charge on any atom is 0.316 e. The molecule has 88 valence electrons. The number of aromatic nitrogens is 2. The molecule has 0 aliphatic carbocycles. The first-order chi connectivity index (χ1) is 7.69. The molecule has 0 atom stereocenters. The van der Waals surface area contributed by atoms with Gasteiger partial charge in [0.15, 0.2) is 0 Å². The van der Waals surface area contributed by atoms with E-state index in [1.807, 2.05) is 6.92 Å². The fraction of sp³-hybridized carbons (Fsp3) is 0.444. The van der Waals surface area contributed by atoms with Gasteiger partial charge in [0.2, 0.25) is 0 Å². The summed E-state index contributed by atoms with van der Waals surface area (Å²) in [5, 5.41) is 0.719. The van der Waals surface area contributed by atoms with Gasteiger partial charge >= 0.3 is 5.97 Å². The van der Waals surface area contributed by atoms with Crippen molar-refractivity contribution in [3.05, 3.63) is 11.9 Å². The zero-order valence-electron chi connectivity index (χ0n) is 9.19. The Kier molecular flexibility index (Phi) is 5.00. The van der Waals surface area contributed by atoms with Crippen molar-refractivity contribution in [1.29, 1.82) is 0 Å². The summed E-state index contributed by atoms with van der Waals surface area (Å²) in [5.41, 5.74) is 3.29. The van der Waals surface area contributed by atoms with Crippen LogP contribution >= 0.6 is 11.8 Å². The minimum absolute atomic E-state index is 0.232. The van der Waals surface area contributed by atoms with E-state index in [2.05, 4.69) is 15.4 Å². The molecule has 7 heteroatoms. The SMILES string of the molecule is CCOC(=O)CSc1ncnc(NN)c1C. The molecular weight excluding hydrogens is 228 g/mol. The second-order valence-electron chi connectivity index (χ2n) is 2.89. The van der Waals surface area contributed by atoms with Crippen LogP contribution in [0.3, 0.4) is 0 Å². The lowest BCUT2D eigenvalue weighted by molar-refractivity contribution is -0.139. The average Bonchev–Trinajstić information content (AvgIpc) is 2.28. The van der Waals surface area contributed by atoms with Crippen LogP contribution in [0.15, 0.2) is 11.4 Å². The summed E-state index contributed by atoms with van der Waals surface area (Å²) < 4.78 is 4.82. The first-order valence-electron chi connectivity index (χ1n) is 4.75. The Balaban J connectivity index is 2.63. The second kappa shape index (κ2) is 6.29. The minimum Gasteiger partial charge on any atom is -0.465 e. The van der Waals surface area contributed by atoms with E-state index >= 15 is 0 Å². The van der Waals surface area contributed by atoms with Crippen molar-refractivity contribution in [1.82, 2.24) is 9.97 Å². The predicted octanol–water partition coefficient (Wildman–Crippen LogP) is 0.726. The monoisotopic (exact) mass is 242 g/mol. The van der Waals surface area contributed by atoms with Gasteiger partial charge in [-0.3, -0.25) is 4.79 Å². The first kappa shape index (κ1) is 12.7. The summed E-state index contributed by atoms with van der Waals surface area (Å²) in [6.45, 7) is 4.00. The van der Waals surface area contributed by atoms with Gasteiger partial charge in [-0.25, -0.2) is 15.8 Å². The highest BCUT2D eigenvalue weighted by molar-refractivity contribution is 7.99. The van der Waals surface area contributed by atoms with Gasteiger partial charge in [-0.1, -0.05) is 11.8 Å². The second-order valence-corrected chi connectivity index (χ2v) is 3.85. The zero-order chi connectivity index (χ0) is 12.0. The normalized spacial score (nSPS) is 9.94. The molecule has 0 unspecified atom stereocenters. The lowest BCUT2D eigenvalue weighted by Crippen LogP contribution is -2.11. The van der Waals surface area contributed by atoms with Crippen LogP contribution < -0.4 is 11.3 Å². The summed E-state index contributed by atoms with van der Waals surface area (Å²) in [5.74, 6) is 5.81. The van der Waals surface area contributed by atoms with Crippen molar-refractivity contribution < 1.29 is 9.53 Å². The van der Waals surface area contributed by atoms with E-state index in [1.165, 1.54) is 18.1 Å². The third-order valence-corrected chi connectivity index (χ3v) is 2.87. The van der Waals surface area contributed by atoms with Crippen LogP contribution in [0.25, 0.3) is 0 Å². The fourth-order valence-corrected chi connectivity index (χ4v) is 1.83. The lowest BCUT2D eigenvalue weighted by atomic mass is 10.3. The third kappa shape index (κ3) is 3.35. The number of carbonyl (C=O) groups is 1. The van der Waals surface area contributed by atoms with Gasteiger partial charge in [0, 0.05) is 5.56 Å². The van der Waals surface area contributed by atoms with Crippen molar-refractivity contribution >= 4 is 23.5 Å². The Hall–Kier alpha value is -1.34. The number of hydrazine groups is 1. The van der Waals surface area contributed by atoms with Gasteiger partial charge in [-0.2, -0.15) is 0 Å². The Labute approximate surface area is 98.0 Å². The molecule has 0 aromatic carbocycles. The molecule has 0 amide bonds. The molecule has 0 aliphatic rings. The molecule has 0 radical (unpaired) electrons. The number of esters is 1. The van der Waals surface area contributed by atoms with Crippen LogP contribution in [-0.2, 0) is 9.53 Å². The average molecular weight is 242 g/mol. The smallest absolute Gasteiger partial charge is 0.316 e. The van der Waals surface area contributed by atoms with Gasteiger partial charge in [-0.05, 0) is 13.8 Å². The number of thioether (sulfide) groups is 1. The van der Waals surface area contributed by atoms with E-state index in [0.717, 1.165) is 10.6 Å². The number of nitrogens with two attached hydrogens (primary N) is 1. The summed E-state index contributed by atoms with van der Waals surface area (Å²) >= 11 is 1.30. The van der Waals surface area contributed by atoms with E-state index in [-0.39, 0.29) is 11.7 Å². The Bertz CT molecular complexity index is 373. The molecule has 0 fully saturated rings. The molecule has 0 saturated carbocycles. The molecule has 1 aromatic rings. The van der Waals surface area contributed by atoms with E-state index in [4.69, 9.17) is 10.6 Å². The Morgan fingerprint density at radius 2 is 2.38 bits per heavy atom. The molecule has 6 nitrogen and oxygen atoms in total. The Morgan fingerprint density at radius 1 is 1.62 bits per heavy atom. The Morgan fingerprint density at radius 3 is 3.00 bits per heavy atom. The highest BCUT2D eigenvalue weighted by atomic mass is 32.2. The quantitative estimate of drug-likeness (QED) is 0.258. The van der Waals surface area contributed by atoms with Gasteiger partial charge in [0.1, 0.15) is 17.2 Å². The van der Waals surface area contributed by atoms with Gasteiger partial charge in [0.25, 0.3) is 0 Å². The number of ether oxygens (including phenoxy) is 1. The topological polar surface area (TPSA) is 90.1 Å². The number of rotatable bonds is 5. The molecule has 1 rings (SSSR count). The molecule has 16 heavy (non-hydrogen) atoms. The van der Waals surface area contributed by atoms with Crippen LogP contribution in [0.5, 0.6) is 0 Å². The maximum atomic E-state index is 11.2. The number of nitrogens with one attached hydrogen (secondary N) is 1. The van der Waals surface area contributed by atoms with Gasteiger partial charge < -0.3 is 10.2 Å². The van der Waals surface area contributed by atoms with E-state index in [9.17, 15) is 4.79 Å². The number of carbonyl (C=O) groups excluding carboxylic acids is 1. The number of nitrogens with zero attached hydrogens (tertiary/aromatic N) is 2. The molecule has 3 N–H and O–H groups in total. The first-order valence-corrected chi connectivity index (χ1v) is 5.74. The summed E-state index contributed by atoms with van der Waals surface area (Å²) in [6.07, 6.45) is 1.40. The van der Waals surface area contributed by atoms with Crippen molar-refractivity contribution in [2.45, 2.75) is 18.9 Å². The molecular formula is C9H14N4O2S. The van der Waals surface area contributed by atoms with Crippen molar-refractivity contribution in [2.24, 2.45) is 5.84 Å². The number of hydrogen-bond acceptors (Lipinski definition) is 7. The summed E-state index contributed by atoms with van der Waals surface area (Å²) in [6, 6.07) is 0. The van der Waals surface area contributed by atoms with Crippen molar-refractivity contribution in [3.63, 3.8) is 0 Å². The molecule has 0 aliphatic heterocycles. The maximum absolute atomic E-state index is 11.2. The molecule has 0 bridgehead atoms. The van der Waals surface area contributed by atoms with E-state index in [1.54, 1.807) is 6.92 Å². The van der Waals surface area contributed by atoms with Crippen molar-refractivity contribution in [3.8, 4) is 0 Å². The molecule has 0 saturated heterocycles. The molecule has 1 heterocycles. The van der Waals surface area contributed by atoms with Crippen molar-refractivity contribution in [2.75, 3.05) is 17.8 Å². The zero-order valence-corrected chi connectivity index (χ0v) is 10.0. The predicted molar refractivity (Wildman–Crippen MR) is 61.9 cm³/mol. The number of nitrogen functional groups attached to an aromatic ring is 1. The van der Waals surface area contributed by atoms with E-state index < -0.39 is 0 Å². The standard InChI is InChI=1S/C9H14N4O2S/c1-3-15-7(14)4-16-9-6(2)8(13-10)11-5-12-9/h5H,3-4,10H2,1-2H3,(H,11,12,13). The van der Waals surface area contributed by atoms with Crippen LogP contribution in [0.4, 0.5) is 5.82 Å². The number of anilines is 1. The van der Waals surface area contributed by atoms with Gasteiger partial charge in [-0.15, -0.1) is 0 Å². The van der Waals surface area contributed by atoms with Gasteiger partial charge in [0.05, 0.1) is 12.4 Å². The summed E-state index contributed by atoms with van der Waals surface area (Å²) in [4.78, 5) is 19.2. The van der Waals surface area contributed by atoms with Crippen LogP contribution in [-0.4, -0.2) is 28.3 Å². The highest BCUT2D eigenvalue weighted by Crippen LogP contribution is 2.23. The summed E-state index contributed by atoms with van der Waals surface area (Å²) in [7, 11) is 0.